The van der Waals surface area contributed by atoms with E-state index in [0.717, 1.165) is 5.69 Å². The van der Waals surface area contributed by atoms with Crippen LogP contribution in [0.4, 0.5) is 5.82 Å². The molecule has 0 unspecified atom stereocenters. The molecule has 2 aromatic rings. The summed E-state index contributed by atoms with van der Waals surface area (Å²) >= 11 is 1.43. The zero-order chi connectivity index (χ0) is 14.0. The van der Waals surface area contributed by atoms with E-state index in [1.165, 1.54) is 11.8 Å². The van der Waals surface area contributed by atoms with Crippen molar-refractivity contribution >= 4 is 17.6 Å². The van der Waals surface area contributed by atoms with Gasteiger partial charge in [-0.05, 0) is 6.92 Å². The van der Waals surface area contributed by atoms with E-state index in [4.69, 9.17) is 10.2 Å². The van der Waals surface area contributed by atoms with Gasteiger partial charge in [-0.2, -0.15) is 0 Å². The van der Waals surface area contributed by atoms with E-state index in [1.807, 2.05) is 27.7 Å². The number of hydrogen-bond acceptors (Lipinski definition) is 7. The van der Waals surface area contributed by atoms with Gasteiger partial charge >= 0.3 is 0 Å². The van der Waals surface area contributed by atoms with Gasteiger partial charge in [0.15, 0.2) is 5.16 Å². The van der Waals surface area contributed by atoms with Gasteiger partial charge in [0.05, 0.1) is 5.75 Å². The summed E-state index contributed by atoms with van der Waals surface area (Å²) < 4.78 is 5.60. The van der Waals surface area contributed by atoms with Gasteiger partial charge in [-0.1, -0.05) is 32.5 Å². The van der Waals surface area contributed by atoms with E-state index in [1.54, 1.807) is 6.07 Å². The van der Waals surface area contributed by atoms with Crippen LogP contribution in [-0.4, -0.2) is 20.2 Å². The second kappa shape index (κ2) is 5.16. The SMILES string of the molecule is Cc1cc(N)nc(SCc2nnc(C(C)(C)C)o2)n1. The van der Waals surface area contributed by atoms with Gasteiger partial charge in [-0.3, -0.25) is 0 Å². The Kier molecular flexibility index (Phi) is 3.75. The van der Waals surface area contributed by atoms with Crippen molar-refractivity contribution in [2.75, 3.05) is 5.73 Å². The minimum absolute atomic E-state index is 0.139. The summed E-state index contributed by atoms with van der Waals surface area (Å²) in [7, 11) is 0. The van der Waals surface area contributed by atoms with Gasteiger partial charge in [0, 0.05) is 17.2 Å². The van der Waals surface area contributed by atoms with Crippen LogP contribution in [0.2, 0.25) is 0 Å². The van der Waals surface area contributed by atoms with Crippen LogP contribution in [0, 0.1) is 6.92 Å². The molecule has 0 saturated carbocycles. The molecule has 2 heterocycles. The van der Waals surface area contributed by atoms with Crippen molar-refractivity contribution < 1.29 is 4.42 Å². The smallest absolute Gasteiger partial charge is 0.226 e. The van der Waals surface area contributed by atoms with Gasteiger partial charge in [-0.15, -0.1) is 10.2 Å². The summed E-state index contributed by atoms with van der Waals surface area (Å²) in [5.41, 5.74) is 6.38. The molecule has 6 nitrogen and oxygen atoms in total. The molecule has 0 radical (unpaired) electrons. The Morgan fingerprint density at radius 3 is 2.58 bits per heavy atom. The van der Waals surface area contributed by atoms with Gasteiger partial charge in [-0.25, -0.2) is 9.97 Å². The fraction of sp³-hybridized carbons (Fsp3) is 0.500. The molecule has 0 fully saturated rings. The molecule has 102 valence electrons. The van der Waals surface area contributed by atoms with Gasteiger partial charge in [0.2, 0.25) is 11.8 Å². The third-order valence-electron chi connectivity index (χ3n) is 2.29. The first kappa shape index (κ1) is 13.8. The molecule has 2 rings (SSSR count). The zero-order valence-corrected chi connectivity index (χ0v) is 12.3. The first-order chi connectivity index (χ1) is 8.84. The predicted molar refractivity (Wildman–Crippen MR) is 73.7 cm³/mol. The molecule has 0 atom stereocenters. The molecule has 7 heteroatoms. The highest BCUT2D eigenvalue weighted by atomic mass is 32.2. The number of nitrogens with zero attached hydrogens (tertiary/aromatic N) is 4. The Labute approximate surface area is 116 Å². The first-order valence-electron chi connectivity index (χ1n) is 5.91. The summed E-state index contributed by atoms with van der Waals surface area (Å²) in [6.07, 6.45) is 0. The zero-order valence-electron chi connectivity index (χ0n) is 11.5. The van der Waals surface area contributed by atoms with Crippen molar-refractivity contribution in [2.45, 2.75) is 44.0 Å². The second-order valence-electron chi connectivity index (χ2n) is 5.26. The van der Waals surface area contributed by atoms with Crippen LogP contribution in [0.15, 0.2) is 15.6 Å². The van der Waals surface area contributed by atoms with Crippen molar-refractivity contribution in [1.82, 2.24) is 20.2 Å². The van der Waals surface area contributed by atoms with E-state index in [9.17, 15) is 0 Å². The summed E-state index contributed by atoms with van der Waals surface area (Å²) in [6, 6.07) is 1.73. The molecular formula is C12H17N5OS. The molecule has 0 bridgehead atoms. The minimum atomic E-state index is -0.139. The van der Waals surface area contributed by atoms with Crippen LogP contribution in [0.5, 0.6) is 0 Å². The topological polar surface area (TPSA) is 90.7 Å². The molecule has 0 aliphatic heterocycles. The second-order valence-corrected chi connectivity index (χ2v) is 6.20. The van der Waals surface area contributed by atoms with E-state index in [0.29, 0.717) is 28.5 Å². The summed E-state index contributed by atoms with van der Waals surface area (Å²) in [5, 5.41) is 8.68. The van der Waals surface area contributed by atoms with Gasteiger partial charge in [0.25, 0.3) is 0 Å². The molecular weight excluding hydrogens is 262 g/mol. The van der Waals surface area contributed by atoms with Crippen LogP contribution in [-0.2, 0) is 11.2 Å². The molecule has 0 aliphatic rings. The van der Waals surface area contributed by atoms with Crippen molar-refractivity contribution in [3.8, 4) is 0 Å². The highest BCUT2D eigenvalue weighted by Gasteiger charge is 2.21. The lowest BCUT2D eigenvalue weighted by atomic mass is 9.97. The third-order valence-corrected chi connectivity index (χ3v) is 3.12. The Morgan fingerprint density at radius 2 is 2.00 bits per heavy atom. The van der Waals surface area contributed by atoms with Crippen LogP contribution >= 0.6 is 11.8 Å². The molecule has 0 spiro atoms. The minimum Gasteiger partial charge on any atom is -0.424 e. The monoisotopic (exact) mass is 279 g/mol. The van der Waals surface area contributed by atoms with Gasteiger partial charge < -0.3 is 10.2 Å². The number of aryl methyl sites for hydroxylation is 1. The Bertz CT molecular complexity index is 555. The molecule has 2 N–H and O–H groups in total. The van der Waals surface area contributed by atoms with Crippen LogP contribution in [0.25, 0.3) is 0 Å². The largest absolute Gasteiger partial charge is 0.424 e. The van der Waals surface area contributed by atoms with Crippen LogP contribution in [0.3, 0.4) is 0 Å². The predicted octanol–water partition coefficient (Wildman–Crippen LogP) is 2.34. The lowest BCUT2D eigenvalue weighted by molar-refractivity contribution is 0.378. The Balaban J connectivity index is 2.04. The average Bonchev–Trinajstić information content (AvgIpc) is 2.73. The number of thioether (sulfide) groups is 1. The lowest BCUT2D eigenvalue weighted by Crippen LogP contribution is -2.11. The van der Waals surface area contributed by atoms with Crippen molar-refractivity contribution in [3.63, 3.8) is 0 Å². The van der Waals surface area contributed by atoms with E-state index in [-0.39, 0.29) is 5.41 Å². The maximum Gasteiger partial charge on any atom is 0.226 e. The van der Waals surface area contributed by atoms with Crippen LogP contribution in [0.1, 0.15) is 38.2 Å². The molecule has 0 aromatic carbocycles. The number of nitrogens with two attached hydrogens (primary N) is 1. The molecule has 0 amide bonds. The van der Waals surface area contributed by atoms with Crippen molar-refractivity contribution in [1.29, 1.82) is 0 Å². The number of nitrogen functional groups attached to an aromatic ring is 1. The quantitative estimate of drug-likeness (QED) is 0.681. The maximum absolute atomic E-state index is 5.67. The summed E-state index contributed by atoms with van der Waals surface area (Å²) in [5.74, 6) is 2.20. The molecule has 0 aliphatic carbocycles. The summed E-state index contributed by atoms with van der Waals surface area (Å²) in [6.45, 7) is 7.97. The Hall–Kier alpha value is -1.63. The Morgan fingerprint density at radius 1 is 1.26 bits per heavy atom. The molecule has 19 heavy (non-hydrogen) atoms. The van der Waals surface area contributed by atoms with Crippen LogP contribution < -0.4 is 5.73 Å². The number of hydrogen-bond donors (Lipinski definition) is 1. The fourth-order valence-corrected chi connectivity index (χ4v) is 2.12. The standard InChI is InChI=1S/C12H17N5OS/c1-7-5-8(13)15-11(14-7)19-6-9-16-17-10(18-9)12(2,3)4/h5H,6H2,1-4H3,(H2,13,14,15). The normalized spacial score (nSPS) is 11.8. The fourth-order valence-electron chi connectivity index (χ4n) is 1.37. The maximum atomic E-state index is 5.67. The van der Waals surface area contributed by atoms with E-state index in [2.05, 4.69) is 20.2 Å². The van der Waals surface area contributed by atoms with E-state index < -0.39 is 0 Å². The number of aromatic nitrogens is 4. The molecule has 0 saturated heterocycles. The van der Waals surface area contributed by atoms with E-state index >= 15 is 0 Å². The first-order valence-corrected chi connectivity index (χ1v) is 6.90. The van der Waals surface area contributed by atoms with Crippen molar-refractivity contribution in [2.24, 2.45) is 0 Å². The average molecular weight is 279 g/mol. The third kappa shape index (κ3) is 3.66. The lowest BCUT2D eigenvalue weighted by Gasteiger charge is -2.10. The summed E-state index contributed by atoms with van der Waals surface area (Å²) in [4.78, 5) is 8.43. The number of anilines is 1. The highest BCUT2D eigenvalue weighted by molar-refractivity contribution is 7.98. The highest BCUT2D eigenvalue weighted by Crippen LogP contribution is 2.24. The van der Waals surface area contributed by atoms with Crippen molar-refractivity contribution in [3.05, 3.63) is 23.5 Å². The molecule has 2 aromatic heterocycles. The van der Waals surface area contributed by atoms with Gasteiger partial charge in [0.1, 0.15) is 5.82 Å². The number of rotatable bonds is 3.